The van der Waals surface area contributed by atoms with E-state index < -0.39 is 5.69 Å². The molecule has 3 rings (SSSR count). The lowest BCUT2D eigenvalue weighted by molar-refractivity contribution is 0.399. The Balaban J connectivity index is 2.17. The molecule has 0 atom stereocenters. The highest BCUT2D eigenvalue weighted by Gasteiger charge is 2.20. The van der Waals surface area contributed by atoms with Crippen molar-refractivity contribution >= 4 is 34.4 Å². The van der Waals surface area contributed by atoms with Crippen LogP contribution in [0.2, 0.25) is 5.02 Å². The van der Waals surface area contributed by atoms with E-state index in [9.17, 15) is 9.59 Å². The van der Waals surface area contributed by atoms with E-state index in [1.54, 1.807) is 7.05 Å². The maximum atomic E-state index is 12.8. The predicted molar refractivity (Wildman–Crippen MR) is 114 cm³/mol. The van der Waals surface area contributed by atoms with Crippen LogP contribution in [0.3, 0.4) is 0 Å². The molecule has 8 heteroatoms. The highest BCUT2D eigenvalue weighted by atomic mass is 35.5. The highest BCUT2D eigenvalue weighted by Crippen LogP contribution is 2.28. The Kier molecular flexibility index (Phi) is 5.68. The first-order valence-electron chi connectivity index (χ1n) is 8.91. The number of rotatable bonds is 4. The van der Waals surface area contributed by atoms with Crippen LogP contribution in [0.5, 0.6) is 0 Å². The number of fused-ring (bicyclic) bond motifs is 1. The second kappa shape index (κ2) is 7.72. The van der Waals surface area contributed by atoms with Crippen LogP contribution < -0.4 is 11.2 Å². The molecule has 0 spiro atoms. The molecule has 0 radical (unpaired) electrons. The molecule has 148 valence electrons. The molecule has 0 aliphatic rings. The summed E-state index contributed by atoms with van der Waals surface area (Å²) in [6.07, 6.45) is 0.636. The minimum Gasteiger partial charge on any atom is -0.280 e. The molecular formula is C20H23ClN4O2S. The molecule has 0 bridgehead atoms. The zero-order valence-corrected chi connectivity index (χ0v) is 18.2. The molecule has 0 N–H and O–H groups in total. The van der Waals surface area contributed by atoms with Gasteiger partial charge in [0.25, 0.3) is 5.56 Å². The minimum atomic E-state index is -0.399. The van der Waals surface area contributed by atoms with Crippen molar-refractivity contribution in [2.24, 2.45) is 19.5 Å². The molecule has 1 aromatic carbocycles. The van der Waals surface area contributed by atoms with Crippen LogP contribution in [0.15, 0.2) is 38.9 Å². The lowest BCUT2D eigenvalue weighted by Crippen LogP contribution is -2.38. The molecule has 0 aliphatic heterocycles. The lowest BCUT2D eigenvalue weighted by Gasteiger charge is -2.18. The Morgan fingerprint density at radius 3 is 2.46 bits per heavy atom. The molecular weight excluding hydrogens is 396 g/mol. The number of halogens is 1. The van der Waals surface area contributed by atoms with Gasteiger partial charge in [0.05, 0.1) is 0 Å². The van der Waals surface area contributed by atoms with Crippen molar-refractivity contribution in [3.05, 3.63) is 61.5 Å². The van der Waals surface area contributed by atoms with Crippen molar-refractivity contribution in [3.8, 4) is 0 Å². The van der Waals surface area contributed by atoms with Gasteiger partial charge < -0.3 is 0 Å². The van der Waals surface area contributed by atoms with Gasteiger partial charge >= 0.3 is 5.69 Å². The molecule has 0 aliphatic carbocycles. The normalized spacial score (nSPS) is 11.9. The van der Waals surface area contributed by atoms with Gasteiger partial charge in [-0.2, -0.15) is 0 Å². The van der Waals surface area contributed by atoms with E-state index in [1.165, 1.54) is 23.4 Å². The molecule has 0 fully saturated rings. The van der Waals surface area contributed by atoms with Crippen LogP contribution >= 0.6 is 23.4 Å². The van der Waals surface area contributed by atoms with Crippen molar-refractivity contribution in [1.29, 1.82) is 0 Å². The van der Waals surface area contributed by atoms with Crippen LogP contribution in [-0.2, 0) is 26.3 Å². The summed E-state index contributed by atoms with van der Waals surface area (Å²) < 4.78 is 2.51. The first-order valence-corrected chi connectivity index (χ1v) is 10.3. The largest absolute Gasteiger partial charge is 0.332 e. The molecule has 6 nitrogen and oxygen atoms in total. The average molecular weight is 419 g/mol. The van der Waals surface area contributed by atoms with Crippen LogP contribution in [-0.4, -0.2) is 19.1 Å². The van der Waals surface area contributed by atoms with Gasteiger partial charge in [0.2, 0.25) is 0 Å². The predicted octanol–water partition coefficient (Wildman–Crippen LogP) is 3.56. The van der Waals surface area contributed by atoms with E-state index in [0.29, 0.717) is 39.1 Å². The van der Waals surface area contributed by atoms with Gasteiger partial charge in [0.15, 0.2) is 5.65 Å². The van der Waals surface area contributed by atoms with Crippen molar-refractivity contribution < 1.29 is 0 Å². The zero-order chi connectivity index (χ0) is 20.6. The summed E-state index contributed by atoms with van der Waals surface area (Å²) in [5.41, 5.74) is 0.596. The quantitative estimate of drug-likeness (QED) is 0.478. The van der Waals surface area contributed by atoms with E-state index in [1.807, 2.05) is 24.3 Å². The van der Waals surface area contributed by atoms with E-state index in [-0.39, 0.29) is 11.0 Å². The second-order valence-corrected chi connectivity index (χ2v) is 9.41. The van der Waals surface area contributed by atoms with Gasteiger partial charge in [-0.3, -0.25) is 13.9 Å². The number of benzene rings is 1. The number of aromatic nitrogens is 4. The highest BCUT2D eigenvalue weighted by molar-refractivity contribution is 7.98. The number of thioether (sulfide) groups is 1. The Morgan fingerprint density at radius 1 is 1.11 bits per heavy atom. The van der Waals surface area contributed by atoms with Crippen LogP contribution in [0.25, 0.3) is 11.0 Å². The van der Waals surface area contributed by atoms with Crippen molar-refractivity contribution in [2.75, 3.05) is 0 Å². The summed E-state index contributed by atoms with van der Waals surface area (Å²) in [7, 11) is 3.10. The summed E-state index contributed by atoms with van der Waals surface area (Å²) in [5.74, 6) is 1.23. The Bertz CT molecular complexity index is 1160. The van der Waals surface area contributed by atoms with Crippen molar-refractivity contribution in [2.45, 2.75) is 38.0 Å². The average Bonchev–Trinajstić information content (AvgIpc) is 2.61. The summed E-state index contributed by atoms with van der Waals surface area (Å²) in [6, 6.07) is 7.58. The monoisotopic (exact) mass is 418 g/mol. The summed E-state index contributed by atoms with van der Waals surface area (Å²) in [4.78, 5) is 34.4. The fourth-order valence-electron chi connectivity index (χ4n) is 2.91. The van der Waals surface area contributed by atoms with Gasteiger partial charge in [0, 0.05) is 31.3 Å². The van der Waals surface area contributed by atoms with Gasteiger partial charge in [-0.05, 0) is 23.1 Å². The molecule has 2 aromatic heterocycles. The van der Waals surface area contributed by atoms with Crippen LogP contribution in [0.4, 0.5) is 0 Å². The topological polar surface area (TPSA) is 69.8 Å². The fraction of sp³-hybridized carbons (Fsp3) is 0.400. The first-order chi connectivity index (χ1) is 13.1. The zero-order valence-electron chi connectivity index (χ0n) is 16.6. The number of nitrogens with zero attached hydrogens (tertiary/aromatic N) is 4. The third kappa shape index (κ3) is 4.31. The minimum absolute atomic E-state index is 0.0266. The van der Waals surface area contributed by atoms with E-state index >= 15 is 0 Å². The van der Waals surface area contributed by atoms with E-state index in [0.717, 1.165) is 10.1 Å². The Morgan fingerprint density at radius 2 is 1.82 bits per heavy atom. The maximum absolute atomic E-state index is 12.8. The second-order valence-electron chi connectivity index (χ2n) is 8.01. The van der Waals surface area contributed by atoms with Gasteiger partial charge in [-0.1, -0.05) is 44.5 Å². The smallest absolute Gasteiger partial charge is 0.280 e. The number of hydrogen-bond donors (Lipinski definition) is 0. The maximum Gasteiger partial charge on any atom is 0.332 e. The van der Waals surface area contributed by atoms with Gasteiger partial charge in [-0.15, -0.1) is 11.8 Å². The number of aryl methyl sites for hydroxylation is 1. The molecule has 2 heterocycles. The summed E-state index contributed by atoms with van der Waals surface area (Å²) in [5, 5.41) is 1.62. The fourth-order valence-corrected chi connectivity index (χ4v) is 4.10. The third-order valence-corrected chi connectivity index (χ3v) is 5.55. The van der Waals surface area contributed by atoms with Crippen LogP contribution in [0, 0.1) is 5.41 Å². The third-order valence-electron chi connectivity index (χ3n) is 4.27. The molecule has 0 unspecified atom stereocenters. The molecule has 28 heavy (non-hydrogen) atoms. The molecule has 0 saturated carbocycles. The standard InChI is InChI=1S/C20H23ClN4O2S/c1-20(2,3)10-14-22-16-15(18(26)25(5)19(27)24(16)4)17(23-14)28-11-12-7-6-8-13(21)9-12/h6-9H,10-11H2,1-5H3. The summed E-state index contributed by atoms with van der Waals surface area (Å²) >= 11 is 7.53. The SMILES string of the molecule is Cn1c(=O)c2c(SCc3cccc(Cl)c3)nc(CC(C)(C)C)nc2n(C)c1=O. The Labute approximate surface area is 172 Å². The van der Waals surface area contributed by atoms with Gasteiger partial charge in [-0.25, -0.2) is 14.8 Å². The number of hydrogen-bond acceptors (Lipinski definition) is 5. The summed E-state index contributed by atoms with van der Waals surface area (Å²) in [6.45, 7) is 6.30. The van der Waals surface area contributed by atoms with Crippen molar-refractivity contribution in [3.63, 3.8) is 0 Å². The van der Waals surface area contributed by atoms with Crippen LogP contribution in [0.1, 0.15) is 32.2 Å². The molecule has 0 saturated heterocycles. The van der Waals surface area contributed by atoms with E-state index in [4.69, 9.17) is 11.6 Å². The van der Waals surface area contributed by atoms with Crippen molar-refractivity contribution in [1.82, 2.24) is 19.1 Å². The van der Waals surface area contributed by atoms with E-state index in [2.05, 4.69) is 30.7 Å². The lowest BCUT2D eigenvalue weighted by atomic mass is 9.92. The van der Waals surface area contributed by atoms with Gasteiger partial charge in [0.1, 0.15) is 16.2 Å². The first kappa shape index (κ1) is 20.6. The Hall–Kier alpha value is -2.12. The molecule has 3 aromatic rings. The molecule has 0 amide bonds.